The Kier molecular flexibility index (Phi) is 5.90. The number of aryl methyl sites for hydroxylation is 1. The topological polar surface area (TPSA) is 66.7 Å². The number of likely N-dealkylation sites (tertiary alicyclic amines) is 1. The van der Waals surface area contributed by atoms with Gasteiger partial charge in [-0.05, 0) is 25.0 Å². The fourth-order valence-electron chi connectivity index (χ4n) is 4.85. The number of piperidine rings is 1. The Morgan fingerprint density at radius 3 is 2.48 bits per heavy atom. The third-order valence-electron chi connectivity index (χ3n) is 6.71. The summed E-state index contributed by atoms with van der Waals surface area (Å²) in [6.45, 7) is 5.56. The minimum absolute atomic E-state index is 0.0561. The van der Waals surface area contributed by atoms with Gasteiger partial charge in [0, 0.05) is 70.5 Å². The van der Waals surface area contributed by atoms with Crippen LogP contribution in [0.25, 0.3) is 0 Å². The van der Waals surface area contributed by atoms with Gasteiger partial charge < -0.3 is 14.5 Å². The minimum Gasteiger partial charge on any atom is -0.478 e. The average Bonchev–Trinajstić information content (AvgIpc) is 3.28. The van der Waals surface area contributed by atoms with E-state index >= 15 is 0 Å². The number of carbonyl (C=O) groups excluding carboxylic acids is 1. The van der Waals surface area contributed by atoms with Gasteiger partial charge in [0.15, 0.2) is 5.69 Å². The van der Waals surface area contributed by atoms with Gasteiger partial charge in [-0.3, -0.25) is 9.69 Å². The van der Waals surface area contributed by atoms with Crippen LogP contribution in [0.1, 0.15) is 35.3 Å². The summed E-state index contributed by atoms with van der Waals surface area (Å²) in [7, 11) is 0. The van der Waals surface area contributed by atoms with Crippen LogP contribution in [0.5, 0.6) is 5.88 Å². The molecule has 1 amide bonds. The predicted octanol–water partition coefficient (Wildman–Crippen LogP) is 2.51. The molecule has 2 saturated heterocycles. The number of aromatic nitrogens is 3. The molecule has 0 saturated carbocycles. The first kappa shape index (κ1) is 22.0. The van der Waals surface area contributed by atoms with Crippen molar-refractivity contribution in [3.8, 4) is 5.88 Å². The molecule has 2 fully saturated rings. The van der Waals surface area contributed by atoms with Gasteiger partial charge in [0.1, 0.15) is 5.82 Å². The molecule has 5 rings (SSSR count). The summed E-state index contributed by atoms with van der Waals surface area (Å²) in [5.41, 5.74) is -0.232. The van der Waals surface area contributed by atoms with Crippen LogP contribution in [0.15, 0.2) is 24.4 Å². The van der Waals surface area contributed by atoms with Crippen molar-refractivity contribution < 1.29 is 22.7 Å². The van der Waals surface area contributed by atoms with E-state index < -0.39 is 11.7 Å². The smallest absolute Gasteiger partial charge is 0.416 e. The van der Waals surface area contributed by atoms with Gasteiger partial charge in [-0.2, -0.15) is 18.3 Å². The molecule has 5 heterocycles. The first-order chi connectivity index (χ1) is 15.9. The van der Waals surface area contributed by atoms with Crippen LogP contribution < -0.4 is 9.64 Å². The number of anilines is 1. The molecule has 0 atom stereocenters. The summed E-state index contributed by atoms with van der Waals surface area (Å²) in [6.07, 6.45) is -0.506. The average molecular weight is 464 g/mol. The molecule has 0 bridgehead atoms. The number of piperazine rings is 1. The Morgan fingerprint density at radius 1 is 1.03 bits per heavy atom. The predicted molar refractivity (Wildman–Crippen MR) is 114 cm³/mol. The third-order valence-corrected chi connectivity index (χ3v) is 6.71. The highest BCUT2D eigenvalue weighted by molar-refractivity contribution is 5.92. The molecule has 0 aliphatic carbocycles. The van der Waals surface area contributed by atoms with Crippen molar-refractivity contribution in [2.24, 2.45) is 0 Å². The van der Waals surface area contributed by atoms with E-state index in [2.05, 4.69) is 15.0 Å². The molecule has 3 aliphatic heterocycles. The molecular weight excluding hydrogens is 437 g/mol. The van der Waals surface area contributed by atoms with Crippen molar-refractivity contribution in [1.29, 1.82) is 0 Å². The van der Waals surface area contributed by atoms with Gasteiger partial charge in [0.2, 0.25) is 5.88 Å². The van der Waals surface area contributed by atoms with Crippen LogP contribution in [0, 0.1) is 0 Å². The van der Waals surface area contributed by atoms with Gasteiger partial charge in [0.25, 0.3) is 5.91 Å². The fourth-order valence-corrected chi connectivity index (χ4v) is 4.85. The number of fused-ring (bicyclic) bond motifs is 1. The van der Waals surface area contributed by atoms with Crippen LogP contribution in [0.4, 0.5) is 19.0 Å². The quantitative estimate of drug-likeness (QED) is 0.696. The molecule has 2 aromatic rings. The number of pyridine rings is 1. The number of halogens is 3. The molecule has 0 N–H and O–H groups in total. The first-order valence-corrected chi connectivity index (χ1v) is 11.4. The lowest BCUT2D eigenvalue weighted by Gasteiger charge is -2.43. The van der Waals surface area contributed by atoms with Crippen LogP contribution in [0.3, 0.4) is 0 Å². The van der Waals surface area contributed by atoms with Crippen LogP contribution in [-0.4, -0.2) is 82.4 Å². The molecular formula is C22H27F3N6O2. The summed E-state index contributed by atoms with van der Waals surface area (Å²) < 4.78 is 46.3. The summed E-state index contributed by atoms with van der Waals surface area (Å²) in [4.78, 5) is 23.2. The number of carbonyl (C=O) groups is 1. The zero-order valence-corrected chi connectivity index (χ0v) is 18.3. The van der Waals surface area contributed by atoms with Crippen LogP contribution >= 0.6 is 0 Å². The number of hydrogen-bond acceptors (Lipinski definition) is 6. The van der Waals surface area contributed by atoms with Gasteiger partial charge in [-0.15, -0.1) is 0 Å². The van der Waals surface area contributed by atoms with E-state index in [1.807, 2.05) is 9.80 Å². The van der Waals surface area contributed by atoms with Gasteiger partial charge in [0.05, 0.1) is 12.2 Å². The molecule has 33 heavy (non-hydrogen) atoms. The van der Waals surface area contributed by atoms with Crippen molar-refractivity contribution in [3.05, 3.63) is 35.7 Å². The van der Waals surface area contributed by atoms with Crippen LogP contribution in [0.2, 0.25) is 0 Å². The number of ether oxygens (including phenoxy) is 1. The largest absolute Gasteiger partial charge is 0.478 e. The Morgan fingerprint density at radius 2 is 1.79 bits per heavy atom. The summed E-state index contributed by atoms with van der Waals surface area (Å²) >= 11 is 0. The van der Waals surface area contributed by atoms with Crippen molar-refractivity contribution in [2.45, 2.75) is 38.0 Å². The van der Waals surface area contributed by atoms with E-state index in [1.165, 1.54) is 6.20 Å². The number of alkyl halides is 3. The Bertz CT molecular complexity index is 971. The molecule has 0 spiro atoms. The zero-order chi connectivity index (χ0) is 23.0. The van der Waals surface area contributed by atoms with E-state index in [-0.39, 0.29) is 5.91 Å². The number of nitrogens with zero attached hydrogens (tertiary/aromatic N) is 6. The fraction of sp³-hybridized carbons (Fsp3) is 0.591. The molecule has 2 aromatic heterocycles. The molecule has 8 nitrogen and oxygen atoms in total. The Hall–Kier alpha value is -2.82. The summed E-state index contributed by atoms with van der Waals surface area (Å²) in [6, 6.07) is 4.22. The third kappa shape index (κ3) is 4.64. The number of amides is 1. The standard InChI is InChI=1S/C22H27F3N6O2/c23-22(24,25)16-2-5-26-19(14-16)29-11-9-28(10-12-29)17-3-7-30(8-4-17)21(32)18-15-20-31(27-18)6-1-13-33-20/h2,5,14-15,17H,1,3-4,6-13H2. The van der Waals surface area contributed by atoms with Crippen molar-refractivity contribution in [1.82, 2.24) is 24.6 Å². The van der Waals surface area contributed by atoms with Crippen LogP contribution in [-0.2, 0) is 12.7 Å². The van der Waals surface area contributed by atoms with Gasteiger partial charge in [-0.25, -0.2) is 9.67 Å². The van der Waals surface area contributed by atoms with Crippen molar-refractivity contribution in [2.75, 3.05) is 50.8 Å². The zero-order valence-electron chi connectivity index (χ0n) is 18.3. The molecule has 0 aromatic carbocycles. The van der Waals surface area contributed by atoms with E-state index in [9.17, 15) is 18.0 Å². The number of rotatable bonds is 3. The van der Waals surface area contributed by atoms with Crippen molar-refractivity contribution in [3.63, 3.8) is 0 Å². The van der Waals surface area contributed by atoms with E-state index in [1.54, 1.807) is 10.7 Å². The minimum atomic E-state index is -4.37. The maximum Gasteiger partial charge on any atom is 0.416 e. The monoisotopic (exact) mass is 464 g/mol. The van der Waals surface area contributed by atoms with Crippen molar-refractivity contribution >= 4 is 11.7 Å². The normalized spacial score (nSPS) is 20.5. The molecule has 0 unspecified atom stereocenters. The van der Waals surface area contributed by atoms with Gasteiger partial charge >= 0.3 is 6.18 Å². The SMILES string of the molecule is O=C(c1cc2n(n1)CCCO2)N1CCC(N2CCN(c3cc(C(F)(F)F)ccn3)CC2)CC1. The second kappa shape index (κ2) is 8.85. The van der Waals surface area contributed by atoms with E-state index in [4.69, 9.17) is 4.74 Å². The number of hydrogen-bond donors (Lipinski definition) is 0. The van der Waals surface area contributed by atoms with E-state index in [0.29, 0.717) is 56.2 Å². The lowest BCUT2D eigenvalue weighted by atomic mass is 10.0. The highest BCUT2D eigenvalue weighted by atomic mass is 19.4. The lowest BCUT2D eigenvalue weighted by Crippen LogP contribution is -2.54. The lowest BCUT2D eigenvalue weighted by molar-refractivity contribution is -0.137. The van der Waals surface area contributed by atoms with E-state index in [0.717, 1.165) is 51.0 Å². The molecule has 178 valence electrons. The highest BCUT2D eigenvalue weighted by Crippen LogP contribution is 2.31. The summed E-state index contributed by atoms with van der Waals surface area (Å²) in [5.74, 6) is 0.976. The maximum absolute atomic E-state index is 13.0. The maximum atomic E-state index is 13.0. The first-order valence-electron chi connectivity index (χ1n) is 11.4. The molecule has 0 radical (unpaired) electrons. The Balaban J connectivity index is 1.13. The second-order valence-electron chi connectivity index (χ2n) is 8.74. The Labute approximate surface area is 189 Å². The van der Waals surface area contributed by atoms with Gasteiger partial charge in [-0.1, -0.05) is 0 Å². The molecule has 11 heteroatoms. The molecule has 3 aliphatic rings. The highest BCUT2D eigenvalue weighted by Gasteiger charge is 2.33. The second-order valence-corrected chi connectivity index (χ2v) is 8.74. The summed E-state index contributed by atoms with van der Waals surface area (Å²) in [5, 5.41) is 4.40.